The van der Waals surface area contributed by atoms with Gasteiger partial charge >= 0.3 is 0 Å². The molecule has 0 aliphatic rings. The Kier molecular flexibility index (Phi) is 5.87. The molecule has 2 amide bonds. The van der Waals surface area contributed by atoms with Crippen LogP contribution in [0.25, 0.3) is 0 Å². The molecular formula is C19H20ClFN2O3. The molecule has 3 N–H and O–H groups in total. The van der Waals surface area contributed by atoms with Crippen LogP contribution in [0.3, 0.4) is 0 Å². The fraction of sp³-hybridized carbons (Fsp3) is 0.263. The first-order valence-corrected chi connectivity index (χ1v) is 8.31. The van der Waals surface area contributed by atoms with E-state index in [0.29, 0.717) is 10.6 Å². The lowest BCUT2D eigenvalue weighted by Gasteiger charge is -2.20. The summed E-state index contributed by atoms with van der Waals surface area (Å²) in [5.41, 5.74) is 0.116. The van der Waals surface area contributed by atoms with Gasteiger partial charge in [-0.15, -0.1) is 0 Å². The minimum atomic E-state index is -0.646. The number of hydrogen-bond acceptors (Lipinski definition) is 3. The maximum Gasteiger partial charge on any atom is 0.251 e. The van der Waals surface area contributed by atoms with Crippen LogP contribution in [0.1, 0.15) is 36.7 Å². The SMILES string of the molecule is CC(C)(C)NC(=O)c1cc(F)cc(NC(=O)Cc2cc(Cl)ccc2O)c1. The maximum atomic E-state index is 13.8. The highest BCUT2D eigenvalue weighted by Crippen LogP contribution is 2.22. The maximum absolute atomic E-state index is 13.8. The molecule has 0 aliphatic heterocycles. The average molecular weight is 379 g/mol. The molecular weight excluding hydrogens is 359 g/mol. The van der Waals surface area contributed by atoms with E-state index in [9.17, 15) is 19.1 Å². The van der Waals surface area contributed by atoms with Gasteiger partial charge in [0.25, 0.3) is 5.91 Å². The molecule has 7 heteroatoms. The van der Waals surface area contributed by atoms with Gasteiger partial charge in [-0.25, -0.2) is 4.39 Å². The molecule has 26 heavy (non-hydrogen) atoms. The van der Waals surface area contributed by atoms with E-state index in [2.05, 4.69) is 10.6 Å². The van der Waals surface area contributed by atoms with Gasteiger partial charge in [-0.05, 0) is 57.2 Å². The van der Waals surface area contributed by atoms with Crippen LogP contribution < -0.4 is 10.6 Å². The largest absolute Gasteiger partial charge is 0.508 e. The van der Waals surface area contributed by atoms with Crippen LogP contribution in [0, 0.1) is 5.82 Å². The van der Waals surface area contributed by atoms with Gasteiger partial charge in [0.2, 0.25) is 5.91 Å². The Labute approximate surface area is 156 Å². The second-order valence-electron chi connectivity index (χ2n) is 6.93. The van der Waals surface area contributed by atoms with Crippen molar-refractivity contribution in [2.24, 2.45) is 0 Å². The quantitative estimate of drug-likeness (QED) is 0.755. The van der Waals surface area contributed by atoms with Gasteiger partial charge in [-0.2, -0.15) is 0 Å². The molecule has 2 aromatic rings. The second kappa shape index (κ2) is 7.74. The summed E-state index contributed by atoms with van der Waals surface area (Å²) in [6.07, 6.45) is -0.146. The van der Waals surface area contributed by atoms with Crippen LogP contribution in [0.2, 0.25) is 5.02 Å². The predicted octanol–water partition coefficient (Wildman–Crippen LogP) is 3.89. The lowest BCUT2D eigenvalue weighted by molar-refractivity contribution is -0.115. The van der Waals surface area contributed by atoms with Crippen molar-refractivity contribution in [3.63, 3.8) is 0 Å². The van der Waals surface area contributed by atoms with Crippen molar-refractivity contribution >= 4 is 29.1 Å². The first kappa shape index (κ1) is 19.7. The fourth-order valence-electron chi connectivity index (χ4n) is 2.28. The highest BCUT2D eigenvalue weighted by atomic mass is 35.5. The smallest absolute Gasteiger partial charge is 0.251 e. The Bertz CT molecular complexity index is 847. The van der Waals surface area contributed by atoms with Gasteiger partial charge in [0, 0.05) is 27.4 Å². The van der Waals surface area contributed by atoms with Crippen molar-refractivity contribution in [2.75, 3.05) is 5.32 Å². The van der Waals surface area contributed by atoms with E-state index in [4.69, 9.17) is 11.6 Å². The zero-order valence-electron chi connectivity index (χ0n) is 14.7. The van der Waals surface area contributed by atoms with E-state index in [1.54, 1.807) is 0 Å². The highest BCUT2D eigenvalue weighted by Gasteiger charge is 2.17. The average Bonchev–Trinajstić information content (AvgIpc) is 2.48. The van der Waals surface area contributed by atoms with Crippen molar-refractivity contribution in [3.05, 3.63) is 58.4 Å². The summed E-state index contributed by atoms with van der Waals surface area (Å²) in [5.74, 6) is -1.63. The van der Waals surface area contributed by atoms with Crippen molar-refractivity contribution in [2.45, 2.75) is 32.7 Å². The van der Waals surface area contributed by atoms with Crippen LogP contribution in [0.4, 0.5) is 10.1 Å². The summed E-state index contributed by atoms with van der Waals surface area (Å²) < 4.78 is 13.8. The van der Waals surface area contributed by atoms with Crippen molar-refractivity contribution in [3.8, 4) is 5.75 Å². The van der Waals surface area contributed by atoms with Gasteiger partial charge in [-0.1, -0.05) is 11.6 Å². The highest BCUT2D eigenvalue weighted by molar-refractivity contribution is 6.30. The molecule has 0 radical (unpaired) electrons. The Balaban J connectivity index is 2.15. The summed E-state index contributed by atoms with van der Waals surface area (Å²) in [6.45, 7) is 5.43. The Morgan fingerprint density at radius 1 is 1.15 bits per heavy atom. The molecule has 0 saturated heterocycles. The van der Waals surface area contributed by atoms with Crippen LogP contribution in [-0.2, 0) is 11.2 Å². The molecule has 0 aromatic heterocycles. The van der Waals surface area contributed by atoms with E-state index in [1.807, 2.05) is 20.8 Å². The third kappa shape index (κ3) is 5.74. The molecule has 0 bridgehead atoms. The van der Waals surface area contributed by atoms with Crippen LogP contribution >= 0.6 is 11.6 Å². The number of anilines is 1. The number of phenolic OH excluding ortho intramolecular Hbond substituents is 1. The molecule has 2 aromatic carbocycles. The second-order valence-corrected chi connectivity index (χ2v) is 7.37. The van der Waals surface area contributed by atoms with Crippen LogP contribution in [0.15, 0.2) is 36.4 Å². The lowest BCUT2D eigenvalue weighted by atomic mass is 10.1. The Morgan fingerprint density at radius 3 is 2.50 bits per heavy atom. The summed E-state index contributed by atoms with van der Waals surface area (Å²) in [6, 6.07) is 7.97. The Hall–Kier alpha value is -2.60. The minimum Gasteiger partial charge on any atom is -0.508 e. The van der Waals surface area contributed by atoms with Crippen LogP contribution in [-0.4, -0.2) is 22.5 Å². The van der Waals surface area contributed by atoms with Gasteiger partial charge in [-0.3, -0.25) is 9.59 Å². The number of hydrogen-bond donors (Lipinski definition) is 3. The third-order valence-electron chi connectivity index (χ3n) is 3.32. The monoisotopic (exact) mass is 378 g/mol. The Morgan fingerprint density at radius 2 is 1.85 bits per heavy atom. The summed E-state index contributed by atoms with van der Waals surface area (Å²) in [5, 5.41) is 15.4. The minimum absolute atomic E-state index is 0.0611. The third-order valence-corrected chi connectivity index (χ3v) is 3.56. The van der Waals surface area contributed by atoms with E-state index in [-0.39, 0.29) is 23.4 Å². The number of rotatable bonds is 4. The summed E-state index contributed by atoms with van der Waals surface area (Å²) in [7, 11) is 0. The first-order chi connectivity index (χ1) is 12.0. The number of halogens is 2. The first-order valence-electron chi connectivity index (χ1n) is 7.94. The molecule has 0 aliphatic carbocycles. The summed E-state index contributed by atoms with van der Waals surface area (Å²) in [4.78, 5) is 24.4. The van der Waals surface area contributed by atoms with Crippen molar-refractivity contribution in [1.82, 2.24) is 5.32 Å². The topological polar surface area (TPSA) is 78.4 Å². The number of carbonyl (C=O) groups excluding carboxylic acids is 2. The van der Waals surface area contributed by atoms with E-state index in [1.165, 1.54) is 24.3 Å². The number of nitrogens with one attached hydrogen (secondary N) is 2. The normalized spacial score (nSPS) is 11.1. The van der Waals surface area contributed by atoms with E-state index in [0.717, 1.165) is 12.1 Å². The fourth-order valence-corrected chi connectivity index (χ4v) is 2.47. The number of aromatic hydroxyl groups is 1. The summed E-state index contributed by atoms with van der Waals surface area (Å²) >= 11 is 5.85. The van der Waals surface area contributed by atoms with Crippen molar-refractivity contribution < 1.29 is 19.1 Å². The molecule has 0 heterocycles. The number of carbonyl (C=O) groups is 2. The predicted molar refractivity (Wildman–Crippen MR) is 99.1 cm³/mol. The zero-order chi connectivity index (χ0) is 19.5. The number of benzene rings is 2. The molecule has 5 nitrogen and oxygen atoms in total. The molecule has 0 saturated carbocycles. The van der Waals surface area contributed by atoms with E-state index < -0.39 is 23.2 Å². The van der Waals surface area contributed by atoms with E-state index >= 15 is 0 Å². The number of amides is 2. The zero-order valence-corrected chi connectivity index (χ0v) is 15.4. The molecule has 0 unspecified atom stereocenters. The lowest BCUT2D eigenvalue weighted by Crippen LogP contribution is -2.40. The molecule has 0 atom stereocenters. The number of phenols is 1. The molecule has 0 spiro atoms. The molecule has 0 fully saturated rings. The molecule has 2 rings (SSSR count). The van der Waals surface area contributed by atoms with Gasteiger partial charge in [0.15, 0.2) is 0 Å². The van der Waals surface area contributed by atoms with Gasteiger partial charge < -0.3 is 15.7 Å². The standard InChI is InChI=1S/C19H20ClFN2O3/c1-19(2,3)23-18(26)12-7-14(21)10-15(8-12)22-17(25)9-11-6-13(20)4-5-16(11)24/h4-8,10,24H,9H2,1-3H3,(H,22,25)(H,23,26). The molecule has 138 valence electrons. The van der Waals surface area contributed by atoms with Crippen LogP contribution in [0.5, 0.6) is 5.75 Å². The van der Waals surface area contributed by atoms with Gasteiger partial charge in [0.1, 0.15) is 11.6 Å². The van der Waals surface area contributed by atoms with Crippen molar-refractivity contribution in [1.29, 1.82) is 0 Å². The van der Waals surface area contributed by atoms with Gasteiger partial charge in [0.05, 0.1) is 6.42 Å².